The summed E-state index contributed by atoms with van der Waals surface area (Å²) in [6.45, 7) is 3.86. The molecule has 0 radical (unpaired) electrons. The van der Waals surface area contributed by atoms with Crippen molar-refractivity contribution in [2.75, 3.05) is 25.0 Å². The van der Waals surface area contributed by atoms with Gasteiger partial charge in [0.2, 0.25) is 0 Å². The van der Waals surface area contributed by atoms with E-state index in [1.54, 1.807) is 11.3 Å². The third-order valence-corrected chi connectivity index (χ3v) is 5.62. The van der Waals surface area contributed by atoms with Crippen LogP contribution in [-0.2, 0) is 29.0 Å². The van der Waals surface area contributed by atoms with Gasteiger partial charge in [-0.25, -0.2) is 0 Å². The van der Waals surface area contributed by atoms with E-state index in [1.165, 1.54) is 17.5 Å². The Morgan fingerprint density at radius 3 is 2.69 bits per heavy atom. The van der Waals surface area contributed by atoms with Gasteiger partial charge in [-0.1, -0.05) is 12.1 Å². The highest BCUT2D eigenvalue weighted by molar-refractivity contribution is 7.09. The number of aryl methyl sites for hydroxylation is 2. The number of benzene rings is 1. The first-order valence-electron chi connectivity index (χ1n) is 9.18. The van der Waals surface area contributed by atoms with Gasteiger partial charge >= 0.3 is 0 Å². The van der Waals surface area contributed by atoms with Gasteiger partial charge in [0.1, 0.15) is 0 Å². The Bertz CT molecular complexity index is 758. The summed E-state index contributed by atoms with van der Waals surface area (Å²) in [5, 5.41) is 7.89. The average Bonchev–Trinajstić information content (AvgIpc) is 3.30. The van der Waals surface area contributed by atoms with E-state index in [2.05, 4.69) is 22.8 Å². The van der Waals surface area contributed by atoms with Crippen molar-refractivity contribution in [3.63, 3.8) is 0 Å². The summed E-state index contributed by atoms with van der Waals surface area (Å²) in [7, 11) is 0. The highest BCUT2D eigenvalue weighted by Crippen LogP contribution is 2.24. The molecule has 0 spiro atoms. The van der Waals surface area contributed by atoms with Crippen LogP contribution in [0.2, 0.25) is 0 Å². The van der Waals surface area contributed by atoms with E-state index in [1.807, 2.05) is 30.5 Å². The number of hydrogen-bond acceptors (Lipinski definition) is 3. The molecule has 3 rings (SSSR count). The lowest BCUT2D eigenvalue weighted by molar-refractivity contribution is -0.881. The summed E-state index contributed by atoms with van der Waals surface area (Å²) in [4.78, 5) is 26.5. The Hall–Kier alpha value is -2.18. The standard InChI is InChI=1S/C20H25N3O2S/c1-2-23(13-19(24)21-12-18-7-4-10-26-18)14-20(25)22-17-9-8-15-5-3-6-16(15)11-17/h4,7-11H,2-3,5-6,12-14H2,1H3,(H,21,24)(H,22,25)/p+1. The molecule has 2 amide bonds. The summed E-state index contributed by atoms with van der Waals surface area (Å²) in [6.07, 6.45) is 3.43. The molecular weight excluding hydrogens is 346 g/mol. The van der Waals surface area contributed by atoms with Gasteiger partial charge in [0.05, 0.1) is 13.1 Å². The van der Waals surface area contributed by atoms with E-state index < -0.39 is 0 Å². The summed E-state index contributed by atoms with van der Waals surface area (Å²) in [5.41, 5.74) is 3.59. The number of carbonyl (C=O) groups excluding carboxylic acids is 2. The highest BCUT2D eigenvalue weighted by atomic mass is 32.1. The first kappa shape index (κ1) is 18.6. The van der Waals surface area contributed by atoms with E-state index in [0.29, 0.717) is 19.6 Å². The van der Waals surface area contributed by atoms with Gasteiger partial charge in [-0.15, -0.1) is 11.3 Å². The van der Waals surface area contributed by atoms with Crippen LogP contribution in [0.1, 0.15) is 29.3 Å². The predicted molar refractivity (Wildman–Crippen MR) is 105 cm³/mol. The van der Waals surface area contributed by atoms with Crippen molar-refractivity contribution in [1.29, 1.82) is 0 Å². The molecule has 0 fully saturated rings. The number of nitrogens with one attached hydrogen (secondary N) is 3. The van der Waals surface area contributed by atoms with Crippen molar-refractivity contribution in [2.45, 2.75) is 32.7 Å². The normalized spacial score (nSPS) is 13.9. The van der Waals surface area contributed by atoms with Crippen LogP contribution < -0.4 is 15.5 Å². The van der Waals surface area contributed by atoms with Gasteiger partial charge in [-0.3, -0.25) is 9.59 Å². The zero-order valence-electron chi connectivity index (χ0n) is 15.1. The second-order valence-electron chi connectivity index (χ2n) is 6.70. The topological polar surface area (TPSA) is 62.6 Å². The van der Waals surface area contributed by atoms with E-state index in [-0.39, 0.29) is 11.8 Å². The number of anilines is 1. The van der Waals surface area contributed by atoms with Crippen LogP contribution in [0.25, 0.3) is 0 Å². The van der Waals surface area contributed by atoms with Crippen LogP contribution >= 0.6 is 11.3 Å². The smallest absolute Gasteiger partial charge is 0.279 e. The lowest BCUT2D eigenvalue weighted by atomic mass is 10.1. The van der Waals surface area contributed by atoms with Gasteiger partial charge in [-0.05, 0) is 60.9 Å². The third-order valence-electron chi connectivity index (χ3n) is 4.74. The minimum Gasteiger partial charge on any atom is -0.346 e. The number of quaternary nitrogens is 1. The van der Waals surface area contributed by atoms with Crippen LogP contribution in [0.15, 0.2) is 35.7 Å². The quantitative estimate of drug-likeness (QED) is 0.656. The molecule has 5 nitrogen and oxygen atoms in total. The lowest BCUT2D eigenvalue weighted by Gasteiger charge is -2.17. The number of carbonyl (C=O) groups is 2. The Morgan fingerprint density at radius 2 is 1.92 bits per heavy atom. The molecule has 138 valence electrons. The van der Waals surface area contributed by atoms with Crippen LogP contribution in [0, 0.1) is 0 Å². The number of thiophene rings is 1. The minimum absolute atomic E-state index is 0.0272. The first-order chi connectivity index (χ1) is 12.6. The predicted octanol–water partition coefficient (Wildman–Crippen LogP) is 1.40. The number of hydrogen-bond donors (Lipinski definition) is 3. The van der Waals surface area contributed by atoms with Crippen molar-refractivity contribution in [2.24, 2.45) is 0 Å². The Balaban J connectivity index is 1.46. The van der Waals surface area contributed by atoms with Crippen molar-refractivity contribution < 1.29 is 14.5 Å². The molecule has 0 aliphatic heterocycles. The van der Waals surface area contributed by atoms with E-state index in [0.717, 1.165) is 34.9 Å². The van der Waals surface area contributed by atoms with E-state index in [9.17, 15) is 9.59 Å². The second kappa shape index (κ2) is 8.96. The first-order valence-corrected chi connectivity index (χ1v) is 10.1. The molecule has 1 aliphatic carbocycles. The van der Waals surface area contributed by atoms with Gasteiger partial charge in [0, 0.05) is 10.6 Å². The maximum atomic E-state index is 12.3. The SMILES string of the molecule is CC[NH+](CC(=O)NCc1cccs1)CC(=O)Nc1ccc2c(c1)CCC2. The van der Waals surface area contributed by atoms with Crippen LogP contribution in [0.3, 0.4) is 0 Å². The number of amides is 2. The van der Waals surface area contributed by atoms with Crippen molar-refractivity contribution in [3.05, 3.63) is 51.7 Å². The molecule has 6 heteroatoms. The molecule has 2 aromatic rings. The van der Waals surface area contributed by atoms with Gasteiger partial charge < -0.3 is 15.5 Å². The molecule has 0 saturated carbocycles. The molecule has 0 bridgehead atoms. The molecule has 26 heavy (non-hydrogen) atoms. The lowest BCUT2D eigenvalue weighted by Crippen LogP contribution is -3.13. The molecule has 1 unspecified atom stereocenters. The second-order valence-corrected chi connectivity index (χ2v) is 7.73. The van der Waals surface area contributed by atoms with E-state index >= 15 is 0 Å². The van der Waals surface area contributed by atoms with Crippen LogP contribution in [0.5, 0.6) is 0 Å². The van der Waals surface area contributed by atoms with Crippen molar-refractivity contribution in [1.82, 2.24) is 5.32 Å². The Kier molecular flexibility index (Phi) is 6.41. The van der Waals surface area contributed by atoms with E-state index in [4.69, 9.17) is 0 Å². The highest BCUT2D eigenvalue weighted by Gasteiger charge is 2.17. The molecule has 0 saturated heterocycles. The minimum atomic E-state index is -0.0501. The molecule has 1 heterocycles. The fourth-order valence-corrected chi connectivity index (χ4v) is 3.93. The molecule has 1 atom stereocenters. The molecule has 1 aromatic heterocycles. The van der Waals surface area contributed by atoms with Crippen molar-refractivity contribution >= 4 is 28.8 Å². The number of likely N-dealkylation sites (N-methyl/N-ethyl adjacent to an activating group) is 1. The molecular formula is C20H26N3O2S+. The fourth-order valence-electron chi connectivity index (χ4n) is 3.28. The number of fused-ring (bicyclic) bond motifs is 1. The van der Waals surface area contributed by atoms with Gasteiger partial charge in [-0.2, -0.15) is 0 Å². The monoisotopic (exact) mass is 372 g/mol. The molecule has 1 aromatic carbocycles. The third kappa shape index (κ3) is 5.16. The van der Waals surface area contributed by atoms with Gasteiger partial charge in [0.25, 0.3) is 11.8 Å². The summed E-state index contributed by atoms with van der Waals surface area (Å²) < 4.78 is 0. The molecule has 3 N–H and O–H groups in total. The number of rotatable bonds is 8. The zero-order valence-corrected chi connectivity index (χ0v) is 16.0. The largest absolute Gasteiger partial charge is 0.346 e. The van der Waals surface area contributed by atoms with Crippen molar-refractivity contribution in [3.8, 4) is 0 Å². The average molecular weight is 373 g/mol. The van der Waals surface area contributed by atoms with Crippen LogP contribution in [0.4, 0.5) is 5.69 Å². The maximum absolute atomic E-state index is 12.3. The Labute approximate surface area is 158 Å². The zero-order chi connectivity index (χ0) is 18.4. The fraction of sp³-hybridized carbons (Fsp3) is 0.400. The Morgan fingerprint density at radius 1 is 1.12 bits per heavy atom. The summed E-state index contributed by atoms with van der Waals surface area (Å²) in [6, 6.07) is 10.1. The summed E-state index contributed by atoms with van der Waals surface area (Å²) in [5.74, 6) is -0.0774. The van der Waals surface area contributed by atoms with Crippen LogP contribution in [-0.4, -0.2) is 31.4 Å². The summed E-state index contributed by atoms with van der Waals surface area (Å²) >= 11 is 1.62. The maximum Gasteiger partial charge on any atom is 0.279 e. The van der Waals surface area contributed by atoms with Gasteiger partial charge in [0.15, 0.2) is 13.1 Å². The molecule has 1 aliphatic rings.